The molecule has 0 radical (unpaired) electrons. The Morgan fingerprint density at radius 2 is 1.28 bits per heavy atom. The summed E-state index contributed by atoms with van der Waals surface area (Å²) in [6, 6.07) is 19.4. The Morgan fingerprint density at radius 1 is 0.719 bits per heavy atom. The first-order valence-corrected chi connectivity index (χ1v) is 9.55. The van der Waals surface area contributed by atoms with Gasteiger partial charge in [0.1, 0.15) is 24.3 Å². The fourth-order valence-corrected chi connectivity index (χ4v) is 4.18. The van der Waals surface area contributed by atoms with E-state index < -0.39 is 0 Å². The zero-order chi connectivity index (χ0) is 22.6. The fraction of sp³-hybridized carbons (Fsp3) is 0.0833. The monoisotopic (exact) mass is 412 g/mol. The molecule has 2 heterocycles. The Labute approximate surface area is 181 Å². The SMILES string of the molecule is Cn1c(=C(C#N)C#N)nc2cc3ccc4ccc5c(nc(=C(C#N)C#N)n5C)c4c3cc21. The molecule has 0 spiro atoms. The van der Waals surface area contributed by atoms with Crippen molar-refractivity contribution in [3.8, 4) is 24.3 Å². The molecule has 0 saturated heterocycles. The van der Waals surface area contributed by atoms with E-state index in [0.29, 0.717) is 22.0 Å². The summed E-state index contributed by atoms with van der Waals surface area (Å²) < 4.78 is 3.48. The van der Waals surface area contributed by atoms with Gasteiger partial charge in [-0.05, 0) is 34.4 Å². The van der Waals surface area contributed by atoms with Crippen LogP contribution in [0.2, 0.25) is 0 Å². The summed E-state index contributed by atoms with van der Waals surface area (Å²) in [4.78, 5) is 9.16. The number of imidazole rings is 2. The summed E-state index contributed by atoms with van der Waals surface area (Å²) in [5, 5.41) is 40.9. The Balaban J connectivity index is 2.03. The first kappa shape index (κ1) is 18.8. The van der Waals surface area contributed by atoms with Gasteiger partial charge in [0.05, 0.1) is 22.1 Å². The molecule has 0 aliphatic rings. The summed E-state index contributed by atoms with van der Waals surface area (Å²) in [6.45, 7) is 0. The molecule has 0 unspecified atom stereocenters. The summed E-state index contributed by atoms with van der Waals surface area (Å²) >= 11 is 0. The van der Waals surface area contributed by atoms with Gasteiger partial charge in [0.15, 0.2) is 22.1 Å². The van der Waals surface area contributed by atoms with Gasteiger partial charge in [0, 0.05) is 19.5 Å². The van der Waals surface area contributed by atoms with Crippen molar-refractivity contribution in [2.45, 2.75) is 0 Å². The van der Waals surface area contributed by atoms with E-state index >= 15 is 0 Å². The van der Waals surface area contributed by atoms with E-state index in [1.165, 1.54) is 0 Å². The Morgan fingerprint density at radius 3 is 1.94 bits per heavy atom. The average Bonchev–Trinajstić information content (AvgIpc) is 3.31. The summed E-state index contributed by atoms with van der Waals surface area (Å²) in [5.74, 6) is 0. The lowest BCUT2D eigenvalue weighted by Crippen LogP contribution is -2.17. The number of nitriles is 4. The van der Waals surface area contributed by atoms with Crippen molar-refractivity contribution >= 4 is 54.8 Å². The van der Waals surface area contributed by atoms with Crippen LogP contribution in [0, 0.1) is 45.3 Å². The molecule has 148 valence electrons. The highest BCUT2D eigenvalue weighted by Gasteiger charge is 2.15. The molecule has 8 nitrogen and oxygen atoms in total. The van der Waals surface area contributed by atoms with Crippen LogP contribution < -0.4 is 11.0 Å². The third-order valence-electron chi connectivity index (χ3n) is 5.74. The zero-order valence-electron chi connectivity index (χ0n) is 17.0. The number of hydrogen-bond donors (Lipinski definition) is 0. The number of aromatic nitrogens is 4. The van der Waals surface area contributed by atoms with Crippen LogP contribution in [0.1, 0.15) is 0 Å². The first-order chi connectivity index (χ1) is 15.5. The Bertz CT molecular complexity index is 1910. The molecule has 0 aliphatic carbocycles. The van der Waals surface area contributed by atoms with E-state index in [-0.39, 0.29) is 11.1 Å². The van der Waals surface area contributed by atoms with Gasteiger partial charge in [-0.25, -0.2) is 9.97 Å². The Kier molecular flexibility index (Phi) is 3.93. The predicted molar refractivity (Wildman–Crippen MR) is 119 cm³/mol. The van der Waals surface area contributed by atoms with E-state index in [4.69, 9.17) is 0 Å². The lowest BCUT2D eigenvalue weighted by atomic mass is 10.00. The standard InChI is InChI=1S/C24H12N8/c1-31-19-6-5-13-3-4-14-7-18-20(32(2)23(29-18)15(9-25)10-26)8-17(14)21(13)22(19)30-24(31)16(11-27)12-28/h3-8H,1-2H3. The molecule has 0 fully saturated rings. The van der Waals surface area contributed by atoms with E-state index in [0.717, 1.165) is 32.6 Å². The summed E-state index contributed by atoms with van der Waals surface area (Å²) in [7, 11) is 3.55. The average molecular weight is 412 g/mol. The second-order valence-electron chi connectivity index (χ2n) is 7.35. The van der Waals surface area contributed by atoms with E-state index in [9.17, 15) is 21.0 Å². The van der Waals surface area contributed by atoms with Crippen molar-refractivity contribution in [3.05, 3.63) is 47.4 Å². The molecule has 5 aromatic rings. The van der Waals surface area contributed by atoms with Crippen LogP contribution >= 0.6 is 0 Å². The Hall–Kier alpha value is -5.18. The molecular weight excluding hydrogens is 400 g/mol. The lowest BCUT2D eigenvalue weighted by Gasteiger charge is -2.06. The van der Waals surface area contributed by atoms with Crippen molar-refractivity contribution in [1.29, 1.82) is 21.0 Å². The van der Waals surface area contributed by atoms with E-state index in [1.54, 1.807) is 23.2 Å². The van der Waals surface area contributed by atoms with Crippen LogP contribution in [0.4, 0.5) is 0 Å². The van der Waals surface area contributed by atoms with Gasteiger partial charge < -0.3 is 9.13 Å². The molecule has 32 heavy (non-hydrogen) atoms. The third kappa shape index (κ3) is 2.39. The molecular formula is C24H12N8. The maximum atomic E-state index is 9.33. The van der Waals surface area contributed by atoms with Gasteiger partial charge >= 0.3 is 0 Å². The van der Waals surface area contributed by atoms with E-state index in [2.05, 4.69) is 9.97 Å². The van der Waals surface area contributed by atoms with Crippen LogP contribution in [0.15, 0.2) is 36.4 Å². The number of rotatable bonds is 0. The van der Waals surface area contributed by atoms with Crippen LogP contribution in [0.5, 0.6) is 0 Å². The van der Waals surface area contributed by atoms with Crippen molar-refractivity contribution in [3.63, 3.8) is 0 Å². The van der Waals surface area contributed by atoms with Gasteiger partial charge in [0.2, 0.25) is 0 Å². The number of nitrogens with zero attached hydrogens (tertiary/aromatic N) is 8. The topological polar surface area (TPSA) is 131 Å². The summed E-state index contributed by atoms with van der Waals surface area (Å²) in [5.41, 5.74) is 3.48. The minimum Gasteiger partial charge on any atom is -0.326 e. The van der Waals surface area contributed by atoms with Crippen molar-refractivity contribution < 1.29 is 0 Å². The molecule has 8 heteroatoms. The van der Waals surface area contributed by atoms with Crippen molar-refractivity contribution in [2.24, 2.45) is 14.1 Å². The molecule has 0 amide bonds. The number of aryl methyl sites for hydroxylation is 2. The van der Waals surface area contributed by atoms with Gasteiger partial charge in [-0.3, -0.25) is 0 Å². The highest BCUT2D eigenvalue weighted by Crippen LogP contribution is 2.32. The second-order valence-corrected chi connectivity index (χ2v) is 7.35. The number of benzene rings is 3. The molecule has 2 aromatic heterocycles. The largest absolute Gasteiger partial charge is 0.326 e. The molecule has 0 atom stereocenters. The van der Waals surface area contributed by atoms with Gasteiger partial charge in [-0.2, -0.15) is 21.0 Å². The fourth-order valence-electron chi connectivity index (χ4n) is 4.18. The molecule has 3 aromatic carbocycles. The number of hydrogen-bond acceptors (Lipinski definition) is 6. The van der Waals surface area contributed by atoms with Crippen LogP contribution in [-0.2, 0) is 14.1 Å². The van der Waals surface area contributed by atoms with Crippen LogP contribution in [0.25, 0.3) is 54.8 Å². The smallest absolute Gasteiger partial charge is 0.172 e. The first-order valence-electron chi connectivity index (χ1n) is 9.55. The second kappa shape index (κ2) is 6.67. The van der Waals surface area contributed by atoms with Crippen molar-refractivity contribution in [2.75, 3.05) is 0 Å². The quantitative estimate of drug-likeness (QED) is 0.358. The maximum absolute atomic E-state index is 9.33. The van der Waals surface area contributed by atoms with Crippen LogP contribution in [0.3, 0.4) is 0 Å². The highest BCUT2D eigenvalue weighted by atomic mass is 15.0. The molecule has 0 aliphatic heterocycles. The summed E-state index contributed by atoms with van der Waals surface area (Å²) in [6.07, 6.45) is 0. The minimum absolute atomic E-state index is 0.0492. The minimum atomic E-state index is -0.0505. The normalized spacial score (nSPS) is 10.7. The van der Waals surface area contributed by atoms with Crippen molar-refractivity contribution in [1.82, 2.24) is 19.1 Å². The predicted octanol–water partition coefficient (Wildman–Crippen LogP) is 2.16. The third-order valence-corrected chi connectivity index (χ3v) is 5.74. The lowest BCUT2D eigenvalue weighted by molar-refractivity contribution is 0.897. The van der Waals surface area contributed by atoms with Gasteiger partial charge in [0.25, 0.3) is 0 Å². The zero-order valence-corrected chi connectivity index (χ0v) is 17.0. The molecule has 0 bridgehead atoms. The number of fused-ring (bicyclic) bond motifs is 6. The molecule has 5 rings (SSSR count). The highest BCUT2D eigenvalue weighted by molar-refractivity contribution is 6.20. The molecule has 0 saturated carbocycles. The van der Waals surface area contributed by atoms with Gasteiger partial charge in [-0.1, -0.05) is 18.2 Å². The van der Waals surface area contributed by atoms with Crippen LogP contribution in [-0.4, -0.2) is 19.1 Å². The molecule has 0 N–H and O–H groups in total. The van der Waals surface area contributed by atoms with E-state index in [1.807, 2.05) is 60.7 Å². The van der Waals surface area contributed by atoms with Gasteiger partial charge in [-0.15, -0.1) is 0 Å². The maximum Gasteiger partial charge on any atom is 0.172 e.